The molecule has 0 aliphatic heterocycles. The molecule has 0 saturated carbocycles. The van der Waals surface area contributed by atoms with Gasteiger partial charge in [0.05, 0.1) is 0 Å². The quantitative estimate of drug-likeness (QED) is 0.705. The van der Waals surface area contributed by atoms with Crippen LogP contribution in [0, 0.1) is 0 Å². The van der Waals surface area contributed by atoms with Crippen LogP contribution < -0.4 is 5.73 Å². The zero-order valence-electron chi connectivity index (χ0n) is 8.33. The van der Waals surface area contributed by atoms with E-state index >= 15 is 0 Å². The molecule has 16 heavy (non-hydrogen) atoms. The van der Waals surface area contributed by atoms with Crippen LogP contribution in [0.15, 0.2) is 18.2 Å². The average Bonchev–Trinajstić information content (AvgIpc) is 2.17. The lowest BCUT2D eigenvalue weighted by atomic mass is 10.0. The number of phenolic OH excluding ortho intramolecular Hbond substituents is 2. The van der Waals surface area contributed by atoms with Crippen molar-refractivity contribution in [1.82, 2.24) is 0 Å². The van der Waals surface area contributed by atoms with Crippen LogP contribution in [0.3, 0.4) is 0 Å². The molecule has 0 unspecified atom stereocenters. The van der Waals surface area contributed by atoms with Gasteiger partial charge < -0.3 is 15.9 Å². The Morgan fingerprint density at radius 1 is 1.25 bits per heavy atom. The minimum Gasteiger partial charge on any atom is -0.508 e. The number of alkyl halides is 3. The maximum Gasteiger partial charge on any atom is 0.389 e. The van der Waals surface area contributed by atoms with Crippen LogP contribution in [0.25, 0.3) is 0 Å². The topological polar surface area (TPSA) is 66.5 Å². The minimum atomic E-state index is -4.27. The lowest BCUT2D eigenvalue weighted by molar-refractivity contribution is -0.136. The molecule has 1 aromatic carbocycles. The predicted octanol–water partition coefficient (Wildman–Crippen LogP) is 2.44. The van der Waals surface area contributed by atoms with E-state index in [-0.39, 0.29) is 23.5 Å². The molecular weight excluding hydrogens is 223 g/mol. The van der Waals surface area contributed by atoms with Gasteiger partial charge in [-0.1, -0.05) is 0 Å². The summed E-state index contributed by atoms with van der Waals surface area (Å²) in [6, 6.07) is 2.64. The van der Waals surface area contributed by atoms with Crippen LogP contribution in [-0.4, -0.2) is 16.4 Å². The zero-order chi connectivity index (χ0) is 12.3. The Balaban J connectivity index is 2.73. The summed E-state index contributed by atoms with van der Waals surface area (Å²) < 4.78 is 35.8. The normalized spacial score (nSPS) is 13.8. The van der Waals surface area contributed by atoms with Crippen molar-refractivity contribution < 1.29 is 23.4 Å². The Bertz CT molecular complexity index is 366. The number of phenols is 2. The van der Waals surface area contributed by atoms with Gasteiger partial charge in [0, 0.05) is 18.0 Å². The van der Waals surface area contributed by atoms with E-state index < -0.39 is 18.6 Å². The molecule has 0 amide bonds. The van der Waals surface area contributed by atoms with Crippen LogP contribution in [0.4, 0.5) is 13.2 Å². The maximum atomic E-state index is 11.9. The van der Waals surface area contributed by atoms with Crippen molar-refractivity contribution in [3.8, 4) is 11.5 Å². The number of nitrogens with two attached hydrogens (primary N) is 1. The Morgan fingerprint density at radius 3 is 2.44 bits per heavy atom. The van der Waals surface area contributed by atoms with Gasteiger partial charge in [-0.3, -0.25) is 0 Å². The highest BCUT2D eigenvalue weighted by Gasteiger charge is 2.28. The van der Waals surface area contributed by atoms with Crippen LogP contribution in [-0.2, 0) is 0 Å². The number of halogens is 3. The molecule has 6 heteroatoms. The summed E-state index contributed by atoms with van der Waals surface area (Å²) in [5, 5.41) is 18.5. The number of aromatic hydroxyl groups is 2. The molecule has 1 atom stereocenters. The summed E-state index contributed by atoms with van der Waals surface area (Å²) in [6.07, 6.45) is -5.63. The van der Waals surface area contributed by atoms with Gasteiger partial charge in [0.1, 0.15) is 11.5 Å². The van der Waals surface area contributed by atoms with Crippen molar-refractivity contribution in [1.29, 1.82) is 0 Å². The van der Waals surface area contributed by atoms with Crippen molar-refractivity contribution >= 4 is 0 Å². The van der Waals surface area contributed by atoms with Crippen molar-refractivity contribution in [2.75, 3.05) is 0 Å². The smallest absolute Gasteiger partial charge is 0.389 e. The van der Waals surface area contributed by atoms with E-state index in [0.717, 1.165) is 6.07 Å². The summed E-state index contributed by atoms with van der Waals surface area (Å²) in [4.78, 5) is 0. The van der Waals surface area contributed by atoms with E-state index in [1.807, 2.05) is 0 Å². The second-order valence-corrected chi connectivity index (χ2v) is 3.50. The average molecular weight is 235 g/mol. The van der Waals surface area contributed by atoms with Gasteiger partial charge in [0.25, 0.3) is 0 Å². The third kappa shape index (κ3) is 3.62. The molecule has 0 aliphatic carbocycles. The molecule has 1 rings (SSSR count). The molecule has 0 bridgehead atoms. The number of hydrogen-bond acceptors (Lipinski definition) is 3. The minimum absolute atomic E-state index is 0.115. The SMILES string of the molecule is N[C@H](CCC(F)(F)F)c1cc(O)ccc1O. The molecule has 90 valence electrons. The van der Waals surface area contributed by atoms with Gasteiger partial charge >= 0.3 is 6.18 Å². The predicted molar refractivity (Wildman–Crippen MR) is 52.0 cm³/mol. The summed E-state index contributed by atoms with van der Waals surface area (Å²) in [5.41, 5.74) is 5.62. The van der Waals surface area contributed by atoms with Crippen LogP contribution >= 0.6 is 0 Å². The van der Waals surface area contributed by atoms with Gasteiger partial charge in [-0.25, -0.2) is 0 Å². The first-order chi connectivity index (χ1) is 7.29. The highest BCUT2D eigenvalue weighted by Crippen LogP contribution is 2.31. The first kappa shape index (κ1) is 12.6. The van der Waals surface area contributed by atoms with Crippen LogP contribution in [0.1, 0.15) is 24.4 Å². The molecule has 0 saturated heterocycles. The zero-order valence-corrected chi connectivity index (χ0v) is 8.33. The molecule has 0 aromatic heterocycles. The fourth-order valence-electron chi connectivity index (χ4n) is 1.31. The monoisotopic (exact) mass is 235 g/mol. The van der Waals surface area contributed by atoms with E-state index in [9.17, 15) is 18.3 Å². The first-order valence-electron chi connectivity index (χ1n) is 4.64. The van der Waals surface area contributed by atoms with Crippen LogP contribution in [0.2, 0.25) is 0 Å². The molecule has 0 aliphatic rings. The van der Waals surface area contributed by atoms with Gasteiger partial charge in [-0.05, 0) is 24.6 Å². The van der Waals surface area contributed by atoms with E-state index in [1.54, 1.807) is 0 Å². The van der Waals surface area contributed by atoms with Crippen molar-refractivity contribution in [3.05, 3.63) is 23.8 Å². The fraction of sp³-hybridized carbons (Fsp3) is 0.400. The Hall–Kier alpha value is -1.43. The van der Waals surface area contributed by atoms with E-state index in [1.165, 1.54) is 12.1 Å². The molecule has 0 heterocycles. The highest BCUT2D eigenvalue weighted by molar-refractivity contribution is 5.40. The van der Waals surface area contributed by atoms with Crippen molar-refractivity contribution in [2.45, 2.75) is 25.1 Å². The highest BCUT2D eigenvalue weighted by atomic mass is 19.4. The number of benzene rings is 1. The largest absolute Gasteiger partial charge is 0.508 e. The van der Waals surface area contributed by atoms with Gasteiger partial charge in [-0.2, -0.15) is 13.2 Å². The third-order valence-corrected chi connectivity index (χ3v) is 2.15. The van der Waals surface area contributed by atoms with Crippen molar-refractivity contribution in [2.24, 2.45) is 5.73 Å². The summed E-state index contributed by atoms with van der Waals surface area (Å²) in [7, 11) is 0. The van der Waals surface area contributed by atoms with Crippen LogP contribution in [0.5, 0.6) is 11.5 Å². The first-order valence-corrected chi connectivity index (χ1v) is 4.64. The second-order valence-electron chi connectivity index (χ2n) is 3.50. The van der Waals surface area contributed by atoms with Gasteiger partial charge in [0.15, 0.2) is 0 Å². The molecule has 1 aromatic rings. The third-order valence-electron chi connectivity index (χ3n) is 2.15. The van der Waals surface area contributed by atoms with Gasteiger partial charge in [0.2, 0.25) is 0 Å². The Kier molecular flexibility index (Phi) is 3.64. The Labute approximate surface area is 90.3 Å². The molecule has 0 spiro atoms. The van der Waals surface area contributed by atoms with Crippen molar-refractivity contribution in [3.63, 3.8) is 0 Å². The lowest BCUT2D eigenvalue weighted by Crippen LogP contribution is -2.15. The Morgan fingerprint density at radius 2 is 1.88 bits per heavy atom. The lowest BCUT2D eigenvalue weighted by Gasteiger charge is -2.15. The molecule has 0 fully saturated rings. The standard InChI is InChI=1S/C10H12F3NO2/c11-10(12,13)4-3-8(14)7-5-6(15)1-2-9(7)16/h1-2,5,8,15-16H,3-4,14H2/t8-/m1/s1. The summed E-state index contributed by atoms with van der Waals surface area (Å²) >= 11 is 0. The molecule has 3 nitrogen and oxygen atoms in total. The molecule has 0 radical (unpaired) electrons. The van der Waals surface area contributed by atoms with E-state index in [0.29, 0.717) is 0 Å². The number of rotatable bonds is 3. The van der Waals surface area contributed by atoms with E-state index in [2.05, 4.69) is 0 Å². The maximum absolute atomic E-state index is 11.9. The summed E-state index contributed by atoms with van der Waals surface area (Å²) in [6.45, 7) is 0. The molecular formula is C10H12F3NO2. The van der Waals surface area contributed by atoms with E-state index in [4.69, 9.17) is 10.8 Å². The van der Waals surface area contributed by atoms with Gasteiger partial charge in [-0.15, -0.1) is 0 Å². The second kappa shape index (κ2) is 4.61. The molecule has 4 N–H and O–H groups in total. The fourth-order valence-corrected chi connectivity index (χ4v) is 1.31. The number of hydrogen-bond donors (Lipinski definition) is 3. The summed E-state index contributed by atoms with van der Waals surface area (Å²) in [5.74, 6) is -0.359.